The average Bonchev–Trinajstić information content (AvgIpc) is 2.28. The maximum absolute atomic E-state index is 4.13. The van der Waals surface area contributed by atoms with Gasteiger partial charge in [-0.3, -0.25) is 0 Å². The van der Waals surface area contributed by atoms with Crippen LogP contribution in [0, 0.1) is 5.92 Å². The number of thioether (sulfide) groups is 1. The van der Waals surface area contributed by atoms with Crippen LogP contribution in [0.2, 0.25) is 0 Å². The molecule has 2 rings (SSSR count). The van der Waals surface area contributed by atoms with Crippen molar-refractivity contribution in [2.45, 2.75) is 43.8 Å². The topological polar surface area (TPSA) is 0 Å². The zero-order valence-corrected chi connectivity index (χ0v) is 8.54. The van der Waals surface area contributed by atoms with Gasteiger partial charge in [-0.1, -0.05) is 18.6 Å². The molecule has 2 atom stereocenters. The molecule has 2 fully saturated rings. The van der Waals surface area contributed by atoms with Crippen LogP contribution in [0.25, 0.3) is 0 Å². The SMILES string of the molecule is C=C1CCC2SCCCCC2C1. The van der Waals surface area contributed by atoms with Gasteiger partial charge in [0.1, 0.15) is 0 Å². The van der Waals surface area contributed by atoms with Crippen LogP contribution in [-0.2, 0) is 0 Å². The molecule has 0 radical (unpaired) electrons. The molecule has 12 heavy (non-hydrogen) atoms. The summed E-state index contributed by atoms with van der Waals surface area (Å²) in [7, 11) is 0. The predicted molar refractivity (Wildman–Crippen MR) is 56.6 cm³/mol. The highest BCUT2D eigenvalue weighted by Crippen LogP contribution is 2.40. The van der Waals surface area contributed by atoms with Crippen LogP contribution in [0.1, 0.15) is 38.5 Å². The number of allylic oxidation sites excluding steroid dienone is 1. The van der Waals surface area contributed by atoms with Gasteiger partial charge in [-0.2, -0.15) is 11.8 Å². The van der Waals surface area contributed by atoms with Gasteiger partial charge in [0.05, 0.1) is 0 Å². The van der Waals surface area contributed by atoms with Crippen molar-refractivity contribution in [3.05, 3.63) is 12.2 Å². The lowest BCUT2D eigenvalue weighted by molar-refractivity contribution is 0.402. The summed E-state index contributed by atoms with van der Waals surface area (Å²) < 4.78 is 0. The van der Waals surface area contributed by atoms with E-state index in [4.69, 9.17) is 0 Å². The number of hydrogen-bond acceptors (Lipinski definition) is 1. The molecule has 0 aromatic rings. The highest BCUT2D eigenvalue weighted by Gasteiger charge is 2.27. The van der Waals surface area contributed by atoms with E-state index in [0.29, 0.717) is 0 Å². The second-order valence-electron chi connectivity index (χ2n) is 4.16. The van der Waals surface area contributed by atoms with Crippen molar-refractivity contribution in [1.82, 2.24) is 0 Å². The molecule has 1 saturated carbocycles. The van der Waals surface area contributed by atoms with Crippen molar-refractivity contribution in [3.63, 3.8) is 0 Å². The Labute approximate surface area is 79.8 Å². The minimum Gasteiger partial charge on any atom is -0.158 e. The zero-order chi connectivity index (χ0) is 8.39. The summed E-state index contributed by atoms with van der Waals surface area (Å²) in [5.74, 6) is 2.40. The smallest absolute Gasteiger partial charge is 0.00814 e. The van der Waals surface area contributed by atoms with Crippen molar-refractivity contribution in [2.24, 2.45) is 5.92 Å². The van der Waals surface area contributed by atoms with Crippen molar-refractivity contribution >= 4 is 11.8 Å². The first-order valence-corrected chi connectivity index (χ1v) is 6.19. The Hall–Kier alpha value is 0.0900. The summed E-state index contributed by atoms with van der Waals surface area (Å²) in [6.45, 7) is 4.13. The molecule has 2 aliphatic rings. The molecule has 0 aromatic heterocycles. The van der Waals surface area contributed by atoms with Crippen LogP contribution >= 0.6 is 11.8 Å². The lowest BCUT2D eigenvalue weighted by Gasteiger charge is -2.30. The molecule has 1 aliphatic heterocycles. The molecular weight excluding hydrogens is 164 g/mol. The highest BCUT2D eigenvalue weighted by atomic mass is 32.2. The molecule has 0 spiro atoms. The van der Waals surface area contributed by atoms with Crippen LogP contribution in [0.15, 0.2) is 12.2 Å². The maximum atomic E-state index is 4.13. The molecular formula is C11H18S. The summed E-state index contributed by atoms with van der Waals surface area (Å²) >= 11 is 2.23. The van der Waals surface area contributed by atoms with E-state index in [1.165, 1.54) is 49.9 Å². The van der Waals surface area contributed by atoms with Gasteiger partial charge in [-0.05, 0) is 43.8 Å². The predicted octanol–water partition coefficient (Wildman–Crippen LogP) is 3.63. The van der Waals surface area contributed by atoms with Gasteiger partial charge in [0.2, 0.25) is 0 Å². The Balaban J connectivity index is 1.99. The van der Waals surface area contributed by atoms with Crippen molar-refractivity contribution < 1.29 is 0 Å². The third kappa shape index (κ3) is 1.87. The third-order valence-corrected chi connectivity index (χ3v) is 4.73. The van der Waals surface area contributed by atoms with E-state index in [0.717, 1.165) is 11.2 Å². The Morgan fingerprint density at radius 3 is 3.08 bits per heavy atom. The van der Waals surface area contributed by atoms with E-state index in [1.807, 2.05) is 0 Å². The molecule has 1 heteroatoms. The lowest BCUT2D eigenvalue weighted by atomic mass is 9.83. The van der Waals surface area contributed by atoms with Crippen molar-refractivity contribution in [2.75, 3.05) is 5.75 Å². The second-order valence-corrected chi connectivity index (χ2v) is 5.50. The van der Waals surface area contributed by atoms with Gasteiger partial charge < -0.3 is 0 Å². The zero-order valence-electron chi connectivity index (χ0n) is 7.72. The fourth-order valence-corrected chi connectivity index (χ4v) is 3.90. The summed E-state index contributed by atoms with van der Waals surface area (Å²) in [6, 6.07) is 0. The molecule has 0 bridgehead atoms. The van der Waals surface area contributed by atoms with Crippen molar-refractivity contribution in [1.29, 1.82) is 0 Å². The summed E-state index contributed by atoms with van der Waals surface area (Å²) in [4.78, 5) is 0. The van der Waals surface area contributed by atoms with Crippen LogP contribution in [0.3, 0.4) is 0 Å². The van der Waals surface area contributed by atoms with E-state index in [9.17, 15) is 0 Å². The average molecular weight is 182 g/mol. The monoisotopic (exact) mass is 182 g/mol. The number of hydrogen-bond donors (Lipinski definition) is 0. The molecule has 1 aliphatic carbocycles. The molecule has 0 nitrogen and oxygen atoms in total. The van der Waals surface area contributed by atoms with Crippen molar-refractivity contribution in [3.8, 4) is 0 Å². The van der Waals surface area contributed by atoms with Crippen LogP contribution in [0.5, 0.6) is 0 Å². The van der Waals surface area contributed by atoms with Gasteiger partial charge in [0.25, 0.3) is 0 Å². The van der Waals surface area contributed by atoms with E-state index < -0.39 is 0 Å². The molecule has 0 aromatic carbocycles. The normalized spacial score (nSPS) is 37.2. The van der Waals surface area contributed by atoms with Crippen LogP contribution < -0.4 is 0 Å². The van der Waals surface area contributed by atoms with Gasteiger partial charge >= 0.3 is 0 Å². The van der Waals surface area contributed by atoms with E-state index in [1.54, 1.807) is 0 Å². The Kier molecular flexibility index (Phi) is 2.80. The molecule has 2 unspecified atom stereocenters. The molecule has 0 amide bonds. The molecule has 1 heterocycles. The Morgan fingerprint density at radius 2 is 2.17 bits per heavy atom. The molecule has 68 valence electrons. The maximum Gasteiger partial charge on any atom is 0.00814 e. The standard InChI is InChI=1S/C11H18S/c1-9-5-6-11-10(8-9)4-2-3-7-12-11/h10-11H,1-8H2. The van der Waals surface area contributed by atoms with Gasteiger partial charge in [0, 0.05) is 5.25 Å². The first-order chi connectivity index (χ1) is 5.86. The van der Waals surface area contributed by atoms with Gasteiger partial charge in [-0.15, -0.1) is 0 Å². The third-order valence-electron chi connectivity index (χ3n) is 3.16. The van der Waals surface area contributed by atoms with E-state index in [-0.39, 0.29) is 0 Å². The Morgan fingerprint density at radius 1 is 1.25 bits per heavy atom. The second kappa shape index (κ2) is 3.87. The summed E-state index contributed by atoms with van der Waals surface area (Å²) in [5, 5.41) is 0.984. The van der Waals surface area contributed by atoms with E-state index in [2.05, 4.69) is 18.3 Å². The lowest BCUT2D eigenvalue weighted by Crippen LogP contribution is -2.21. The largest absolute Gasteiger partial charge is 0.158 e. The quantitative estimate of drug-likeness (QED) is 0.515. The first-order valence-electron chi connectivity index (χ1n) is 5.14. The van der Waals surface area contributed by atoms with Crippen LogP contribution in [-0.4, -0.2) is 11.0 Å². The first kappa shape index (κ1) is 8.68. The van der Waals surface area contributed by atoms with Crippen LogP contribution in [0.4, 0.5) is 0 Å². The highest BCUT2D eigenvalue weighted by molar-refractivity contribution is 7.99. The summed E-state index contributed by atoms with van der Waals surface area (Å²) in [6.07, 6.45) is 8.42. The fraction of sp³-hybridized carbons (Fsp3) is 0.818. The van der Waals surface area contributed by atoms with Gasteiger partial charge in [-0.25, -0.2) is 0 Å². The number of rotatable bonds is 0. The minimum absolute atomic E-state index is 0.984. The molecule has 0 N–H and O–H groups in total. The number of fused-ring (bicyclic) bond motifs is 1. The van der Waals surface area contributed by atoms with Gasteiger partial charge in [0.15, 0.2) is 0 Å². The minimum atomic E-state index is 0.984. The molecule has 1 saturated heterocycles. The summed E-state index contributed by atoms with van der Waals surface area (Å²) in [5.41, 5.74) is 1.51. The van der Waals surface area contributed by atoms with E-state index >= 15 is 0 Å². The fourth-order valence-electron chi connectivity index (χ4n) is 2.44. The Bertz CT molecular complexity index is 174.